The van der Waals surface area contributed by atoms with E-state index in [0.717, 1.165) is 0 Å². The van der Waals surface area contributed by atoms with Crippen molar-refractivity contribution in [2.45, 2.75) is 13.5 Å². The van der Waals surface area contributed by atoms with Crippen LogP contribution < -0.4 is 0 Å². The first-order chi connectivity index (χ1) is 5.15. The van der Waals surface area contributed by atoms with Gasteiger partial charge in [-0.05, 0) is 6.92 Å². The van der Waals surface area contributed by atoms with Crippen LogP contribution in [-0.2, 0) is 6.61 Å². The Bertz CT molecular complexity index is 281. The summed E-state index contributed by atoms with van der Waals surface area (Å²) in [5, 5.41) is 17.9. The first-order valence-electron chi connectivity index (χ1n) is 2.95. The zero-order chi connectivity index (χ0) is 8.43. The van der Waals surface area contributed by atoms with Crippen LogP contribution in [0.4, 0.5) is 0 Å². The normalized spacial score (nSPS) is 10.0. The minimum atomic E-state index is -1.08. The second-order valence-corrected chi connectivity index (χ2v) is 3.26. The van der Waals surface area contributed by atoms with Crippen molar-refractivity contribution >= 4 is 17.3 Å². The monoisotopic (exact) mass is 173 g/mol. The number of aromatic carboxylic acids is 1. The Morgan fingerprint density at radius 1 is 1.73 bits per heavy atom. The number of nitrogens with zero attached hydrogens (tertiary/aromatic N) is 1. The molecule has 1 aromatic heterocycles. The van der Waals surface area contributed by atoms with E-state index < -0.39 is 5.97 Å². The summed E-state index contributed by atoms with van der Waals surface area (Å²) in [5.74, 6) is -1.08. The quantitative estimate of drug-likeness (QED) is 0.688. The molecule has 0 amide bonds. The van der Waals surface area contributed by atoms with E-state index in [0.29, 0.717) is 9.88 Å². The minimum absolute atomic E-state index is 0.0324. The summed E-state index contributed by atoms with van der Waals surface area (Å²) in [6, 6.07) is 0. The molecule has 60 valence electrons. The third-order valence-corrected chi connectivity index (χ3v) is 2.11. The SMILES string of the molecule is Cc1nc(C(=O)O)c(CO)s1. The van der Waals surface area contributed by atoms with Gasteiger partial charge in [0.05, 0.1) is 16.5 Å². The van der Waals surface area contributed by atoms with Crippen molar-refractivity contribution in [3.63, 3.8) is 0 Å². The Morgan fingerprint density at radius 2 is 2.36 bits per heavy atom. The Morgan fingerprint density at radius 3 is 2.73 bits per heavy atom. The number of thiazole rings is 1. The lowest BCUT2D eigenvalue weighted by Gasteiger charge is -1.88. The molecule has 2 N–H and O–H groups in total. The van der Waals surface area contributed by atoms with E-state index >= 15 is 0 Å². The highest BCUT2D eigenvalue weighted by molar-refractivity contribution is 7.11. The number of hydrogen-bond acceptors (Lipinski definition) is 4. The molecule has 0 aliphatic carbocycles. The molecule has 4 nitrogen and oxygen atoms in total. The van der Waals surface area contributed by atoms with Crippen molar-refractivity contribution in [3.8, 4) is 0 Å². The number of aliphatic hydroxyl groups excluding tert-OH is 1. The van der Waals surface area contributed by atoms with Crippen LogP contribution in [0.25, 0.3) is 0 Å². The standard InChI is InChI=1S/C6H7NO3S/c1-3-7-5(6(9)10)4(2-8)11-3/h8H,2H2,1H3,(H,9,10). The fourth-order valence-electron chi connectivity index (χ4n) is 0.744. The topological polar surface area (TPSA) is 70.4 Å². The Labute approximate surface area is 67.1 Å². The molecule has 0 radical (unpaired) electrons. The van der Waals surface area contributed by atoms with E-state index in [1.807, 2.05) is 0 Å². The highest BCUT2D eigenvalue weighted by Crippen LogP contribution is 2.17. The molecule has 11 heavy (non-hydrogen) atoms. The number of hydrogen-bond donors (Lipinski definition) is 2. The van der Waals surface area contributed by atoms with Crippen LogP contribution in [0.5, 0.6) is 0 Å². The van der Waals surface area contributed by atoms with Gasteiger partial charge in [-0.15, -0.1) is 11.3 Å². The van der Waals surface area contributed by atoms with Gasteiger partial charge in [-0.2, -0.15) is 0 Å². The summed E-state index contributed by atoms with van der Waals surface area (Å²) in [4.78, 5) is 14.6. The van der Waals surface area contributed by atoms with Crippen molar-refractivity contribution < 1.29 is 15.0 Å². The van der Waals surface area contributed by atoms with Gasteiger partial charge in [0.2, 0.25) is 0 Å². The molecule has 0 saturated carbocycles. The largest absolute Gasteiger partial charge is 0.476 e. The predicted molar refractivity (Wildman–Crippen MR) is 39.7 cm³/mol. The first kappa shape index (κ1) is 8.16. The zero-order valence-corrected chi connectivity index (χ0v) is 6.68. The summed E-state index contributed by atoms with van der Waals surface area (Å²) >= 11 is 1.20. The Hall–Kier alpha value is -0.940. The third-order valence-electron chi connectivity index (χ3n) is 1.15. The average molecular weight is 173 g/mol. The lowest BCUT2D eigenvalue weighted by molar-refractivity contribution is 0.0688. The van der Waals surface area contributed by atoms with Crippen LogP contribution in [0.15, 0.2) is 0 Å². The fourth-order valence-corrected chi connectivity index (χ4v) is 1.53. The number of carboxylic acid groups (broad SMARTS) is 1. The highest BCUT2D eigenvalue weighted by atomic mass is 32.1. The van der Waals surface area contributed by atoms with E-state index in [9.17, 15) is 4.79 Å². The zero-order valence-electron chi connectivity index (χ0n) is 5.87. The molecule has 1 rings (SSSR count). The molecular formula is C6H7NO3S. The van der Waals surface area contributed by atoms with Crippen molar-refractivity contribution in [2.75, 3.05) is 0 Å². The second kappa shape index (κ2) is 2.98. The maximum absolute atomic E-state index is 10.4. The molecule has 0 saturated heterocycles. The predicted octanol–water partition coefficient (Wildman–Crippen LogP) is 0.642. The van der Waals surface area contributed by atoms with E-state index in [2.05, 4.69) is 4.98 Å². The van der Waals surface area contributed by atoms with Crippen molar-refractivity contribution in [1.82, 2.24) is 4.98 Å². The van der Waals surface area contributed by atoms with Gasteiger partial charge in [-0.1, -0.05) is 0 Å². The molecule has 1 aromatic rings. The van der Waals surface area contributed by atoms with Crippen LogP contribution in [0.2, 0.25) is 0 Å². The second-order valence-electron chi connectivity index (χ2n) is 1.97. The summed E-state index contributed by atoms with van der Waals surface area (Å²) in [6.45, 7) is 1.45. The van der Waals surface area contributed by atoms with Crippen molar-refractivity contribution in [3.05, 3.63) is 15.6 Å². The molecule has 0 atom stereocenters. The summed E-state index contributed by atoms with van der Waals surface area (Å²) in [7, 11) is 0. The van der Waals surface area contributed by atoms with Gasteiger partial charge >= 0.3 is 5.97 Å². The van der Waals surface area contributed by atoms with Gasteiger partial charge in [-0.3, -0.25) is 0 Å². The molecule has 0 bridgehead atoms. The van der Waals surface area contributed by atoms with Gasteiger partial charge in [0, 0.05) is 0 Å². The molecule has 1 heterocycles. The van der Waals surface area contributed by atoms with Crippen LogP contribution in [0, 0.1) is 6.92 Å². The van der Waals surface area contributed by atoms with Crippen LogP contribution in [0.3, 0.4) is 0 Å². The number of aryl methyl sites for hydroxylation is 1. The van der Waals surface area contributed by atoms with Crippen LogP contribution >= 0.6 is 11.3 Å². The van der Waals surface area contributed by atoms with E-state index in [4.69, 9.17) is 10.2 Å². The Balaban J connectivity index is 3.12. The molecule has 0 unspecified atom stereocenters. The first-order valence-corrected chi connectivity index (χ1v) is 3.77. The minimum Gasteiger partial charge on any atom is -0.476 e. The van der Waals surface area contributed by atoms with Crippen LogP contribution in [-0.4, -0.2) is 21.2 Å². The maximum atomic E-state index is 10.4. The average Bonchev–Trinajstić information content (AvgIpc) is 2.30. The lowest BCUT2D eigenvalue weighted by Crippen LogP contribution is -2.00. The highest BCUT2D eigenvalue weighted by Gasteiger charge is 2.13. The summed E-state index contributed by atoms with van der Waals surface area (Å²) in [5.41, 5.74) is -0.0324. The van der Waals surface area contributed by atoms with E-state index in [1.54, 1.807) is 6.92 Å². The van der Waals surface area contributed by atoms with Crippen molar-refractivity contribution in [2.24, 2.45) is 0 Å². The number of carbonyl (C=O) groups is 1. The van der Waals surface area contributed by atoms with Crippen molar-refractivity contribution in [1.29, 1.82) is 0 Å². The maximum Gasteiger partial charge on any atom is 0.355 e. The fraction of sp³-hybridized carbons (Fsp3) is 0.333. The molecule has 0 aromatic carbocycles. The number of aromatic nitrogens is 1. The Kier molecular flexibility index (Phi) is 2.21. The third kappa shape index (κ3) is 1.55. The van der Waals surface area contributed by atoms with Gasteiger partial charge in [-0.25, -0.2) is 9.78 Å². The number of aliphatic hydroxyl groups is 1. The molecule has 0 spiro atoms. The van der Waals surface area contributed by atoms with E-state index in [-0.39, 0.29) is 12.3 Å². The summed E-state index contributed by atoms with van der Waals surface area (Å²) < 4.78 is 0. The lowest BCUT2D eigenvalue weighted by atomic mass is 10.4. The number of rotatable bonds is 2. The van der Waals surface area contributed by atoms with Gasteiger partial charge < -0.3 is 10.2 Å². The molecular weight excluding hydrogens is 166 g/mol. The van der Waals surface area contributed by atoms with Gasteiger partial charge in [0.15, 0.2) is 5.69 Å². The van der Waals surface area contributed by atoms with E-state index in [1.165, 1.54) is 11.3 Å². The summed E-state index contributed by atoms with van der Waals surface area (Å²) in [6.07, 6.45) is 0. The molecule has 0 fully saturated rings. The van der Waals surface area contributed by atoms with Gasteiger partial charge in [0.25, 0.3) is 0 Å². The van der Waals surface area contributed by atoms with Gasteiger partial charge in [0.1, 0.15) is 0 Å². The number of carboxylic acids is 1. The van der Waals surface area contributed by atoms with Crippen LogP contribution in [0.1, 0.15) is 20.4 Å². The molecule has 0 aliphatic rings. The molecule has 0 aliphatic heterocycles. The molecule has 5 heteroatoms. The smallest absolute Gasteiger partial charge is 0.355 e.